The zero-order valence-corrected chi connectivity index (χ0v) is 16.6. The highest BCUT2D eigenvalue weighted by Gasteiger charge is 2.31. The number of sulfonamides is 1. The van der Waals surface area contributed by atoms with Gasteiger partial charge in [0.15, 0.2) is 0 Å². The Balaban J connectivity index is 1.84. The van der Waals surface area contributed by atoms with E-state index in [1.165, 1.54) is 10.6 Å². The van der Waals surface area contributed by atoms with E-state index in [9.17, 15) is 13.2 Å². The van der Waals surface area contributed by atoms with Crippen molar-refractivity contribution >= 4 is 15.9 Å². The van der Waals surface area contributed by atoms with Crippen LogP contribution in [0.15, 0.2) is 54.6 Å². The normalized spacial score (nSPS) is 19.4. The molecule has 1 amide bonds. The highest BCUT2D eigenvalue weighted by molar-refractivity contribution is 7.88. The lowest BCUT2D eigenvalue weighted by Gasteiger charge is -2.31. The lowest BCUT2D eigenvalue weighted by molar-refractivity contribution is -0.126. The van der Waals surface area contributed by atoms with E-state index in [0.29, 0.717) is 19.4 Å². The third-order valence-electron chi connectivity index (χ3n) is 5.14. The molecule has 0 spiro atoms. The summed E-state index contributed by atoms with van der Waals surface area (Å²) in [6, 6.07) is 17.6. The minimum atomic E-state index is -3.28. The highest BCUT2D eigenvalue weighted by atomic mass is 32.2. The minimum Gasteiger partial charge on any atom is -0.345 e. The number of hydrogen-bond acceptors (Lipinski definition) is 3. The molecule has 0 radical (unpaired) electrons. The Morgan fingerprint density at radius 1 is 1.11 bits per heavy atom. The summed E-state index contributed by atoms with van der Waals surface area (Å²) in [6.45, 7) is 2.77. The quantitative estimate of drug-likeness (QED) is 0.859. The smallest absolute Gasteiger partial charge is 0.225 e. The monoisotopic (exact) mass is 386 g/mol. The van der Waals surface area contributed by atoms with Crippen LogP contribution in [-0.2, 0) is 14.8 Å². The van der Waals surface area contributed by atoms with Gasteiger partial charge in [-0.3, -0.25) is 4.79 Å². The number of rotatable bonds is 5. The Hall–Kier alpha value is -2.18. The van der Waals surface area contributed by atoms with Crippen LogP contribution in [0.25, 0.3) is 0 Å². The molecule has 0 aliphatic carbocycles. The standard InChI is InChI=1S/C21H26N2O3S/c1-16-9-6-7-13-19(16)20(17-10-4-3-5-11-17)22-21(24)18-12-8-14-23(15-18)27(2,25)26/h3-7,9-11,13,18,20H,8,12,14-15H2,1-2H3,(H,22,24)/t18-,20-/m0/s1. The lowest BCUT2D eigenvalue weighted by Crippen LogP contribution is -2.45. The van der Waals surface area contributed by atoms with Gasteiger partial charge in [0, 0.05) is 13.1 Å². The molecule has 1 aliphatic heterocycles. The maximum absolute atomic E-state index is 13.0. The molecule has 1 saturated heterocycles. The van der Waals surface area contributed by atoms with Crippen molar-refractivity contribution in [1.29, 1.82) is 0 Å². The number of hydrogen-bond donors (Lipinski definition) is 1. The van der Waals surface area contributed by atoms with Gasteiger partial charge >= 0.3 is 0 Å². The number of benzene rings is 2. The second-order valence-electron chi connectivity index (χ2n) is 7.17. The van der Waals surface area contributed by atoms with Crippen molar-refractivity contribution in [3.63, 3.8) is 0 Å². The van der Waals surface area contributed by atoms with Crippen LogP contribution < -0.4 is 5.32 Å². The van der Waals surface area contributed by atoms with Crippen molar-refractivity contribution in [2.75, 3.05) is 19.3 Å². The van der Waals surface area contributed by atoms with Gasteiger partial charge in [-0.05, 0) is 36.5 Å². The van der Waals surface area contributed by atoms with Crippen molar-refractivity contribution in [1.82, 2.24) is 9.62 Å². The van der Waals surface area contributed by atoms with Crippen LogP contribution in [0.3, 0.4) is 0 Å². The summed E-state index contributed by atoms with van der Waals surface area (Å²) in [6.07, 6.45) is 2.60. The third kappa shape index (κ3) is 4.76. The second-order valence-corrected chi connectivity index (χ2v) is 9.15. The summed E-state index contributed by atoms with van der Waals surface area (Å²) in [5, 5.41) is 3.17. The lowest BCUT2D eigenvalue weighted by atomic mass is 9.93. The van der Waals surface area contributed by atoms with Crippen LogP contribution >= 0.6 is 0 Å². The van der Waals surface area contributed by atoms with Crippen molar-refractivity contribution in [3.05, 3.63) is 71.3 Å². The SMILES string of the molecule is Cc1ccccc1[C@@H](NC(=O)[C@H]1CCCN(S(C)(=O)=O)C1)c1ccccc1. The number of amides is 1. The molecule has 6 heteroatoms. The van der Waals surface area contributed by atoms with Crippen molar-refractivity contribution in [2.24, 2.45) is 5.92 Å². The van der Waals surface area contributed by atoms with Gasteiger partial charge in [-0.1, -0.05) is 54.6 Å². The van der Waals surface area contributed by atoms with Gasteiger partial charge in [-0.25, -0.2) is 12.7 Å². The topological polar surface area (TPSA) is 66.5 Å². The maximum atomic E-state index is 13.0. The molecule has 2 aromatic rings. The first-order valence-corrected chi connectivity index (χ1v) is 11.1. The van der Waals surface area contributed by atoms with E-state index in [2.05, 4.69) is 5.32 Å². The zero-order chi connectivity index (χ0) is 19.4. The molecule has 1 N–H and O–H groups in total. The Morgan fingerprint density at radius 2 is 1.78 bits per heavy atom. The van der Waals surface area contributed by atoms with Crippen molar-refractivity contribution < 1.29 is 13.2 Å². The van der Waals surface area contributed by atoms with Crippen molar-refractivity contribution in [3.8, 4) is 0 Å². The van der Waals surface area contributed by atoms with Crippen LogP contribution in [0.4, 0.5) is 0 Å². The third-order valence-corrected chi connectivity index (χ3v) is 6.41. The molecule has 1 heterocycles. The summed E-state index contributed by atoms with van der Waals surface area (Å²) in [7, 11) is -3.28. The second kappa shape index (κ2) is 8.23. The molecule has 1 fully saturated rings. The summed E-state index contributed by atoms with van der Waals surface area (Å²) in [4.78, 5) is 13.0. The summed E-state index contributed by atoms with van der Waals surface area (Å²) in [5.41, 5.74) is 3.16. The molecule has 0 bridgehead atoms. The predicted octanol–water partition coefficient (Wildman–Crippen LogP) is 2.87. The average molecular weight is 387 g/mol. The van der Waals surface area contributed by atoms with Crippen LogP contribution in [0.5, 0.6) is 0 Å². The molecular formula is C21H26N2O3S. The molecule has 0 aromatic heterocycles. The van der Waals surface area contributed by atoms with Crippen molar-refractivity contribution in [2.45, 2.75) is 25.8 Å². The first kappa shape index (κ1) is 19.6. The molecular weight excluding hydrogens is 360 g/mol. The number of piperidine rings is 1. The Morgan fingerprint density at radius 3 is 2.44 bits per heavy atom. The largest absolute Gasteiger partial charge is 0.345 e. The Labute approximate surface area is 161 Å². The molecule has 3 rings (SSSR count). The number of nitrogens with zero attached hydrogens (tertiary/aromatic N) is 1. The van der Waals surface area contributed by atoms with Gasteiger partial charge in [0.05, 0.1) is 18.2 Å². The summed E-state index contributed by atoms with van der Waals surface area (Å²) in [5.74, 6) is -0.427. The van der Waals surface area contributed by atoms with E-state index < -0.39 is 10.0 Å². The highest BCUT2D eigenvalue weighted by Crippen LogP contribution is 2.26. The van der Waals surface area contributed by atoms with E-state index in [1.807, 2.05) is 61.5 Å². The van der Waals surface area contributed by atoms with E-state index in [1.54, 1.807) is 0 Å². The van der Waals surface area contributed by atoms with Gasteiger partial charge in [-0.15, -0.1) is 0 Å². The molecule has 5 nitrogen and oxygen atoms in total. The van der Waals surface area contributed by atoms with Crippen LogP contribution in [0.1, 0.15) is 35.6 Å². The fourth-order valence-electron chi connectivity index (χ4n) is 3.61. The molecule has 0 saturated carbocycles. The molecule has 2 atom stereocenters. The number of aryl methyl sites for hydroxylation is 1. The molecule has 27 heavy (non-hydrogen) atoms. The Bertz CT molecular complexity index is 897. The predicted molar refractivity (Wildman–Crippen MR) is 107 cm³/mol. The van der Waals surface area contributed by atoms with E-state index in [4.69, 9.17) is 0 Å². The van der Waals surface area contributed by atoms with Gasteiger partial charge in [-0.2, -0.15) is 0 Å². The molecule has 0 unspecified atom stereocenters. The summed E-state index contributed by atoms with van der Waals surface area (Å²) >= 11 is 0. The number of nitrogens with one attached hydrogen (secondary N) is 1. The van der Waals surface area contributed by atoms with Gasteiger partial charge < -0.3 is 5.32 Å². The fraction of sp³-hybridized carbons (Fsp3) is 0.381. The van der Waals surface area contributed by atoms with E-state index in [-0.39, 0.29) is 24.4 Å². The van der Waals surface area contributed by atoms with Gasteiger partial charge in [0.2, 0.25) is 15.9 Å². The van der Waals surface area contributed by atoms with Crippen LogP contribution in [-0.4, -0.2) is 38.0 Å². The van der Waals surface area contributed by atoms with Crippen LogP contribution in [0, 0.1) is 12.8 Å². The fourth-order valence-corrected chi connectivity index (χ4v) is 4.53. The average Bonchev–Trinajstić information content (AvgIpc) is 2.67. The summed E-state index contributed by atoms with van der Waals surface area (Å²) < 4.78 is 25.1. The number of carbonyl (C=O) groups is 1. The maximum Gasteiger partial charge on any atom is 0.225 e. The van der Waals surface area contributed by atoms with Crippen LogP contribution in [0.2, 0.25) is 0 Å². The van der Waals surface area contributed by atoms with Gasteiger partial charge in [0.25, 0.3) is 0 Å². The number of carbonyl (C=O) groups excluding carboxylic acids is 1. The van der Waals surface area contributed by atoms with Gasteiger partial charge in [0.1, 0.15) is 0 Å². The minimum absolute atomic E-state index is 0.0968. The first-order valence-electron chi connectivity index (χ1n) is 9.22. The Kier molecular flexibility index (Phi) is 5.97. The molecule has 144 valence electrons. The van der Waals surface area contributed by atoms with E-state index in [0.717, 1.165) is 16.7 Å². The molecule has 2 aromatic carbocycles. The molecule has 1 aliphatic rings. The first-order chi connectivity index (χ1) is 12.9. The zero-order valence-electron chi connectivity index (χ0n) is 15.8. The van der Waals surface area contributed by atoms with E-state index >= 15 is 0 Å².